The number of fused-ring (bicyclic) bond motifs is 1. The molecule has 0 saturated heterocycles. The summed E-state index contributed by atoms with van der Waals surface area (Å²) in [4.78, 5) is 29.9. The number of aryl methyl sites for hydroxylation is 3. The van der Waals surface area contributed by atoms with Crippen LogP contribution in [-0.4, -0.2) is 21.5 Å². The molecule has 0 radical (unpaired) electrons. The largest absolute Gasteiger partial charge is 0.469 e. The van der Waals surface area contributed by atoms with Gasteiger partial charge >= 0.3 is 0 Å². The Labute approximate surface area is 186 Å². The van der Waals surface area contributed by atoms with Crippen molar-refractivity contribution in [3.63, 3.8) is 0 Å². The Hall–Kier alpha value is -3.67. The highest BCUT2D eigenvalue weighted by molar-refractivity contribution is 5.94. The molecule has 32 heavy (non-hydrogen) atoms. The number of nitrogens with one attached hydrogen (secondary N) is 1. The highest BCUT2D eigenvalue weighted by Crippen LogP contribution is 2.18. The number of rotatable bonds is 6. The second-order valence-corrected chi connectivity index (χ2v) is 8.37. The van der Waals surface area contributed by atoms with Gasteiger partial charge in [0.2, 0.25) is 0 Å². The summed E-state index contributed by atoms with van der Waals surface area (Å²) < 4.78 is 7.10. The Kier molecular flexibility index (Phi) is 5.95. The van der Waals surface area contributed by atoms with Crippen LogP contribution in [0.5, 0.6) is 0 Å². The summed E-state index contributed by atoms with van der Waals surface area (Å²) in [6, 6.07) is 15.1. The van der Waals surface area contributed by atoms with E-state index in [9.17, 15) is 9.59 Å². The van der Waals surface area contributed by atoms with Crippen molar-refractivity contribution in [1.29, 1.82) is 0 Å². The first-order valence-electron chi connectivity index (χ1n) is 10.7. The van der Waals surface area contributed by atoms with Gasteiger partial charge in [-0.3, -0.25) is 9.59 Å². The minimum atomic E-state index is -0.135. The molecule has 1 N–H and O–H groups in total. The molecule has 0 saturated carbocycles. The Balaban J connectivity index is 1.53. The Morgan fingerprint density at radius 1 is 1.09 bits per heavy atom. The van der Waals surface area contributed by atoms with E-state index in [2.05, 4.69) is 10.3 Å². The lowest BCUT2D eigenvalue weighted by atomic mass is 10.1. The van der Waals surface area contributed by atoms with Crippen LogP contribution in [0.25, 0.3) is 11.0 Å². The number of carbonyl (C=O) groups excluding carboxylic acids is 1. The maximum Gasteiger partial charge on any atom is 0.272 e. The molecule has 0 aliphatic carbocycles. The van der Waals surface area contributed by atoms with Crippen molar-refractivity contribution in [2.24, 2.45) is 0 Å². The van der Waals surface area contributed by atoms with Gasteiger partial charge in [-0.2, -0.15) is 0 Å². The summed E-state index contributed by atoms with van der Waals surface area (Å²) in [5.41, 5.74) is 5.78. The Morgan fingerprint density at radius 2 is 1.81 bits per heavy atom. The second-order valence-electron chi connectivity index (χ2n) is 8.37. The number of hydrogen-bond donors (Lipinski definition) is 1. The summed E-state index contributed by atoms with van der Waals surface area (Å²) >= 11 is 0. The standard InChI is InChI=1S/C26H27N3O3/c1-16-12-23-24(13-17(16)2)29(26(31)19(4)28-23)15-20-7-9-21(10-8-20)25(30)27-18(3)14-22-6-5-11-32-22/h5-13,18H,14-15H2,1-4H3,(H,27,30)/t18-/m1/s1. The van der Waals surface area contributed by atoms with Crippen molar-refractivity contribution in [2.45, 2.75) is 46.7 Å². The third-order valence-corrected chi connectivity index (χ3v) is 5.75. The van der Waals surface area contributed by atoms with Crippen LogP contribution < -0.4 is 10.9 Å². The Morgan fingerprint density at radius 3 is 2.50 bits per heavy atom. The van der Waals surface area contributed by atoms with Gasteiger partial charge in [-0.15, -0.1) is 0 Å². The fourth-order valence-electron chi connectivity index (χ4n) is 3.81. The van der Waals surface area contributed by atoms with Gasteiger partial charge < -0.3 is 14.3 Å². The average molecular weight is 430 g/mol. The van der Waals surface area contributed by atoms with Crippen molar-refractivity contribution in [2.75, 3.05) is 0 Å². The molecule has 6 nitrogen and oxygen atoms in total. The summed E-state index contributed by atoms with van der Waals surface area (Å²) in [6.07, 6.45) is 2.26. The van der Waals surface area contributed by atoms with Crippen molar-refractivity contribution in [3.05, 3.63) is 98.9 Å². The number of benzene rings is 2. The van der Waals surface area contributed by atoms with E-state index in [0.29, 0.717) is 24.2 Å². The topological polar surface area (TPSA) is 77.1 Å². The van der Waals surface area contributed by atoms with E-state index in [0.717, 1.165) is 33.5 Å². The highest BCUT2D eigenvalue weighted by Gasteiger charge is 2.13. The zero-order chi connectivity index (χ0) is 22.8. The third kappa shape index (κ3) is 4.49. The van der Waals surface area contributed by atoms with Crippen molar-refractivity contribution in [1.82, 2.24) is 14.9 Å². The van der Waals surface area contributed by atoms with Crippen molar-refractivity contribution in [3.8, 4) is 0 Å². The number of furan rings is 1. The van der Waals surface area contributed by atoms with Crippen molar-refractivity contribution >= 4 is 16.9 Å². The van der Waals surface area contributed by atoms with E-state index in [-0.39, 0.29) is 17.5 Å². The van der Waals surface area contributed by atoms with E-state index in [1.807, 2.05) is 57.2 Å². The molecule has 0 aliphatic rings. The molecular weight excluding hydrogens is 402 g/mol. The lowest BCUT2D eigenvalue weighted by Gasteiger charge is -2.14. The quantitative estimate of drug-likeness (QED) is 0.495. The molecule has 0 unspecified atom stereocenters. The first-order valence-corrected chi connectivity index (χ1v) is 10.7. The SMILES string of the molecule is Cc1cc2nc(C)c(=O)n(Cc3ccc(C(=O)N[C@H](C)Cc4ccco4)cc3)c2cc1C. The van der Waals surface area contributed by atoms with Crippen LogP contribution in [-0.2, 0) is 13.0 Å². The molecule has 164 valence electrons. The van der Waals surface area contributed by atoms with Gasteiger partial charge in [-0.25, -0.2) is 4.98 Å². The highest BCUT2D eigenvalue weighted by atomic mass is 16.3. The molecule has 0 bridgehead atoms. The van der Waals surface area contributed by atoms with Gasteiger partial charge in [0.1, 0.15) is 11.5 Å². The molecule has 0 fully saturated rings. The number of aromatic nitrogens is 2. The molecule has 4 aromatic rings. The predicted octanol–water partition coefficient (Wildman–Crippen LogP) is 4.32. The summed E-state index contributed by atoms with van der Waals surface area (Å²) in [7, 11) is 0. The van der Waals surface area contributed by atoms with Gasteiger partial charge in [0.25, 0.3) is 11.5 Å². The third-order valence-electron chi connectivity index (χ3n) is 5.75. The lowest BCUT2D eigenvalue weighted by Crippen LogP contribution is -2.34. The van der Waals surface area contributed by atoms with Crippen LogP contribution in [0.15, 0.2) is 64.0 Å². The van der Waals surface area contributed by atoms with Crippen LogP contribution in [0.3, 0.4) is 0 Å². The second kappa shape index (κ2) is 8.83. The first-order chi connectivity index (χ1) is 15.3. The monoisotopic (exact) mass is 429 g/mol. The smallest absolute Gasteiger partial charge is 0.272 e. The first kappa shape index (κ1) is 21.6. The van der Waals surface area contributed by atoms with Gasteiger partial charge in [-0.05, 0) is 80.8 Å². The molecule has 4 rings (SSSR count). The Bertz CT molecular complexity index is 1320. The fourth-order valence-corrected chi connectivity index (χ4v) is 3.81. The number of amides is 1. The van der Waals surface area contributed by atoms with E-state index in [4.69, 9.17) is 4.42 Å². The molecule has 2 aromatic heterocycles. The number of hydrogen-bond acceptors (Lipinski definition) is 4. The molecule has 6 heteroatoms. The van der Waals surface area contributed by atoms with Crippen LogP contribution in [0.4, 0.5) is 0 Å². The molecule has 2 aromatic carbocycles. The van der Waals surface area contributed by atoms with E-state index in [1.54, 1.807) is 29.9 Å². The zero-order valence-electron chi connectivity index (χ0n) is 18.8. The number of nitrogens with zero attached hydrogens (tertiary/aromatic N) is 2. The minimum Gasteiger partial charge on any atom is -0.469 e. The fraction of sp³-hybridized carbons (Fsp3) is 0.269. The lowest BCUT2D eigenvalue weighted by molar-refractivity contribution is 0.0939. The van der Waals surface area contributed by atoms with Gasteiger partial charge in [0, 0.05) is 18.0 Å². The van der Waals surface area contributed by atoms with Gasteiger partial charge in [-0.1, -0.05) is 12.1 Å². The maximum absolute atomic E-state index is 12.8. The molecule has 2 heterocycles. The molecule has 0 spiro atoms. The van der Waals surface area contributed by atoms with Gasteiger partial charge in [0.15, 0.2) is 0 Å². The predicted molar refractivity (Wildman–Crippen MR) is 125 cm³/mol. The van der Waals surface area contributed by atoms with Gasteiger partial charge in [0.05, 0.1) is 23.8 Å². The van der Waals surface area contributed by atoms with Crippen LogP contribution in [0.1, 0.15) is 45.4 Å². The van der Waals surface area contributed by atoms with Crippen LogP contribution in [0.2, 0.25) is 0 Å². The summed E-state index contributed by atoms with van der Waals surface area (Å²) in [6.45, 7) is 8.18. The molecule has 1 atom stereocenters. The van der Waals surface area contributed by atoms with Crippen LogP contribution >= 0.6 is 0 Å². The summed E-state index contributed by atoms with van der Waals surface area (Å²) in [5.74, 6) is 0.702. The average Bonchev–Trinajstić information content (AvgIpc) is 3.26. The zero-order valence-corrected chi connectivity index (χ0v) is 18.8. The maximum atomic E-state index is 12.8. The number of carbonyl (C=O) groups is 1. The van der Waals surface area contributed by atoms with E-state index >= 15 is 0 Å². The van der Waals surface area contributed by atoms with Crippen LogP contribution in [0, 0.1) is 20.8 Å². The molecular formula is C26H27N3O3. The normalized spacial score (nSPS) is 12.1. The van der Waals surface area contributed by atoms with E-state index in [1.165, 1.54) is 0 Å². The summed E-state index contributed by atoms with van der Waals surface area (Å²) in [5, 5.41) is 2.99. The van der Waals surface area contributed by atoms with E-state index < -0.39 is 0 Å². The molecule has 1 amide bonds. The van der Waals surface area contributed by atoms with Crippen molar-refractivity contribution < 1.29 is 9.21 Å². The minimum absolute atomic E-state index is 0.0511. The molecule has 0 aliphatic heterocycles.